The van der Waals surface area contributed by atoms with Gasteiger partial charge in [-0.1, -0.05) is 29.8 Å². The highest BCUT2D eigenvalue weighted by Crippen LogP contribution is 2.38. The Morgan fingerprint density at radius 3 is 2.58 bits per heavy atom. The van der Waals surface area contributed by atoms with Gasteiger partial charge in [0.2, 0.25) is 17.7 Å². The van der Waals surface area contributed by atoms with Crippen LogP contribution in [0.25, 0.3) is 0 Å². The van der Waals surface area contributed by atoms with Crippen LogP contribution in [0.15, 0.2) is 53.4 Å². The number of hydrogen-bond acceptors (Lipinski definition) is 5. The lowest BCUT2D eigenvalue weighted by molar-refractivity contribution is -0.133. The van der Waals surface area contributed by atoms with Gasteiger partial charge in [-0.2, -0.15) is 0 Å². The Labute approximate surface area is 190 Å². The summed E-state index contributed by atoms with van der Waals surface area (Å²) in [5, 5.41) is 5.45. The third-order valence-electron chi connectivity index (χ3n) is 5.32. The summed E-state index contributed by atoms with van der Waals surface area (Å²) in [4.78, 5) is 42.0. The number of thioether (sulfide) groups is 1. The standard InChI is InChI=1S/C22H23ClN4O3S/c23-15-6-7-18-17(12-15)25-22(30)19(31-18)13-20(28)24-14-21(29)27-10-8-26(9-11-27)16-4-2-1-3-5-16/h1-7,12,19H,8-11,13-14H2,(H,24,28)(H,25,30). The Hall–Kier alpha value is -2.71. The molecule has 2 N–H and O–H groups in total. The summed E-state index contributed by atoms with van der Waals surface area (Å²) < 4.78 is 0. The molecule has 3 amide bonds. The van der Waals surface area contributed by atoms with Crippen LogP contribution in [0.1, 0.15) is 6.42 Å². The van der Waals surface area contributed by atoms with Crippen molar-refractivity contribution in [3.63, 3.8) is 0 Å². The van der Waals surface area contributed by atoms with Gasteiger partial charge < -0.3 is 20.4 Å². The van der Waals surface area contributed by atoms with Crippen molar-refractivity contribution in [2.75, 3.05) is 42.9 Å². The van der Waals surface area contributed by atoms with Gasteiger partial charge >= 0.3 is 0 Å². The molecule has 2 heterocycles. The van der Waals surface area contributed by atoms with E-state index < -0.39 is 5.25 Å². The molecular weight excluding hydrogens is 436 g/mol. The number of nitrogens with zero attached hydrogens (tertiary/aromatic N) is 2. The number of rotatable bonds is 5. The fourth-order valence-electron chi connectivity index (χ4n) is 3.64. The summed E-state index contributed by atoms with van der Waals surface area (Å²) in [6, 6.07) is 15.4. The first kappa shape index (κ1) is 21.5. The normalized spacial score (nSPS) is 18.2. The molecule has 0 radical (unpaired) electrons. The van der Waals surface area contributed by atoms with Gasteiger partial charge in [0.1, 0.15) is 0 Å². The molecule has 0 saturated carbocycles. The Balaban J connectivity index is 1.22. The third kappa shape index (κ3) is 5.32. The largest absolute Gasteiger partial charge is 0.368 e. The average molecular weight is 459 g/mol. The van der Waals surface area contributed by atoms with Crippen LogP contribution >= 0.6 is 23.4 Å². The number of fused-ring (bicyclic) bond motifs is 1. The van der Waals surface area contributed by atoms with Crippen LogP contribution in [0.5, 0.6) is 0 Å². The number of hydrogen-bond donors (Lipinski definition) is 2. The molecule has 7 nitrogen and oxygen atoms in total. The molecule has 9 heteroatoms. The Kier molecular flexibility index (Phi) is 6.67. The topological polar surface area (TPSA) is 81.8 Å². The number of anilines is 2. The number of carbonyl (C=O) groups excluding carboxylic acids is 3. The van der Waals surface area contributed by atoms with E-state index in [0.717, 1.165) is 23.7 Å². The van der Waals surface area contributed by atoms with Gasteiger partial charge in [0.25, 0.3) is 0 Å². The number of amides is 3. The van der Waals surface area contributed by atoms with Gasteiger partial charge in [0, 0.05) is 48.2 Å². The second-order valence-corrected chi connectivity index (χ2v) is 9.10. The van der Waals surface area contributed by atoms with Gasteiger partial charge in [-0.15, -0.1) is 11.8 Å². The molecule has 1 fully saturated rings. The molecule has 0 bridgehead atoms. The lowest BCUT2D eigenvalue weighted by Gasteiger charge is -2.36. The van der Waals surface area contributed by atoms with Crippen molar-refractivity contribution in [3.05, 3.63) is 53.6 Å². The summed E-state index contributed by atoms with van der Waals surface area (Å²) in [6.45, 7) is 2.68. The molecule has 0 aliphatic carbocycles. The predicted molar refractivity (Wildman–Crippen MR) is 123 cm³/mol. The Morgan fingerprint density at radius 1 is 1.10 bits per heavy atom. The van der Waals surface area contributed by atoms with Crippen molar-refractivity contribution in [3.8, 4) is 0 Å². The highest BCUT2D eigenvalue weighted by molar-refractivity contribution is 8.01. The zero-order valence-corrected chi connectivity index (χ0v) is 18.4. The van der Waals surface area contributed by atoms with Gasteiger partial charge in [-0.25, -0.2) is 0 Å². The second-order valence-electron chi connectivity index (χ2n) is 7.42. The smallest absolute Gasteiger partial charge is 0.242 e. The van der Waals surface area contributed by atoms with Gasteiger partial charge in [0.15, 0.2) is 0 Å². The third-order valence-corrected chi connectivity index (χ3v) is 6.83. The zero-order chi connectivity index (χ0) is 21.8. The lowest BCUT2D eigenvalue weighted by Crippen LogP contribution is -2.51. The monoisotopic (exact) mass is 458 g/mol. The average Bonchev–Trinajstić information content (AvgIpc) is 2.79. The first-order chi connectivity index (χ1) is 15.0. The maximum absolute atomic E-state index is 12.5. The fraction of sp³-hybridized carbons (Fsp3) is 0.318. The van der Waals surface area contributed by atoms with Crippen LogP contribution in [0.3, 0.4) is 0 Å². The molecule has 4 rings (SSSR count). The van der Waals surface area contributed by atoms with Crippen LogP contribution in [-0.2, 0) is 14.4 Å². The minimum absolute atomic E-state index is 0.00757. The molecule has 1 unspecified atom stereocenters. The van der Waals surface area contributed by atoms with Crippen LogP contribution in [0.4, 0.5) is 11.4 Å². The summed E-state index contributed by atoms with van der Waals surface area (Å²) in [7, 11) is 0. The second kappa shape index (κ2) is 9.62. The summed E-state index contributed by atoms with van der Waals surface area (Å²) in [5.41, 5.74) is 1.80. The van der Waals surface area contributed by atoms with Crippen molar-refractivity contribution in [1.82, 2.24) is 10.2 Å². The quantitative estimate of drug-likeness (QED) is 0.719. The number of piperazine rings is 1. The maximum Gasteiger partial charge on any atom is 0.242 e. The Morgan fingerprint density at radius 2 is 1.84 bits per heavy atom. The minimum atomic E-state index is -0.543. The molecular formula is C22H23ClN4O3S. The van der Waals surface area contributed by atoms with E-state index in [1.807, 2.05) is 24.3 Å². The highest BCUT2D eigenvalue weighted by atomic mass is 35.5. The highest BCUT2D eigenvalue weighted by Gasteiger charge is 2.29. The van der Waals surface area contributed by atoms with Gasteiger partial charge in [-0.3, -0.25) is 14.4 Å². The van der Waals surface area contributed by atoms with Gasteiger partial charge in [0.05, 0.1) is 17.5 Å². The number of benzene rings is 2. The summed E-state index contributed by atoms with van der Waals surface area (Å²) >= 11 is 7.29. The van der Waals surface area contributed by atoms with E-state index in [2.05, 4.69) is 27.7 Å². The number of nitrogens with one attached hydrogen (secondary N) is 2. The van der Waals surface area contributed by atoms with Crippen LogP contribution in [0.2, 0.25) is 5.02 Å². The van der Waals surface area contributed by atoms with E-state index in [1.54, 1.807) is 17.0 Å². The van der Waals surface area contributed by atoms with E-state index >= 15 is 0 Å². The number of carbonyl (C=O) groups is 3. The van der Waals surface area contributed by atoms with Crippen molar-refractivity contribution in [1.29, 1.82) is 0 Å². The molecule has 0 aromatic heterocycles. The summed E-state index contributed by atoms with van der Waals surface area (Å²) in [5.74, 6) is -0.665. The maximum atomic E-state index is 12.5. The van der Waals surface area contributed by atoms with E-state index in [0.29, 0.717) is 23.8 Å². The van der Waals surface area contributed by atoms with E-state index in [9.17, 15) is 14.4 Å². The van der Waals surface area contributed by atoms with Crippen LogP contribution in [-0.4, -0.2) is 60.6 Å². The fourth-order valence-corrected chi connectivity index (χ4v) is 4.90. The summed E-state index contributed by atoms with van der Waals surface area (Å²) in [6.07, 6.45) is 0.00757. The lowest BCUT2D eigenvalue weighted by atomic mass is 10.2. The molecule has 2 aliphatic rings. The van der Waals surface area contributed by atoms with E-state index in [1.165, 1.54) is 11.8 Å². The number of para-hydroxylation sites is 1. The minimum Gasteiger partial charge on any atom is -0.368 e. The van der Waals surface area contributed by atoms with Gasteiger partial charge in [-0.05, 0) is 30.3 Å². The van der Waals surface area contributed by atoms with Crippen molar-refractivity contribution < 1.29 is 14.4 Å². The molecule has 0 spiro atoms. The predicted octanol–water partition coefficient (Wildman–Crippen LogP) is 2.61. The molecule has 1 saturated heterocycles. The molecule has 31 heavy (non-hydrogen) atoms. The van der Waals surface area contributed by atoms with Crippen LogP contribution in [0, 0.1) is 0 Å². The van der Waals surface area contributed by atoms with Crippen molar-refractivity contribution >= 4 is 52.5 Å². The van der Waals surface area contributed by atoms with Crippen molar-refractivity contribution in [2.45, 2.75) is 16.6 Å². The van der Waals surface area contributed by atoms with E-state index in [4.69, 9.17) is 11.6 Å². The van der Waals surface area contributed by atoms with Crippen molar-refractivity contribution in [2.24, 2.45) is 0 Å². The molecule has 162 valence electrons. The molecule has 2 aromatic carbocycles. The molecule has 2 aromatic rings. The first-order valence-electron chi connectivity index (χ1n) is 10.1. The van der Waals surface area contributed by atoms with E-state index in [-0.39, 0.29) is 30.7 Å². The SMILES string of the molecule is O=C(CC1Sc2ccc(Cl)cc2NC1=O)NCC(=O)N1CCN(c2ccccc2)CC1. The van der Waals surface area contributed by atoms with Crippen LogP contribution < -0.4 is 15.5 Å². The molecule has 1 atom stereocenters. The Bertz CT molecular complexity index is 980. The first-order valence-corrected chi connectivity index (χ1v) is 11.4. The molecule has 2 aliphatic heterocycles. The number of halogens is 1. The zero-order valence-electron chi connectivity index (χ0n) is 16.8.